The SMILES string of the molecule is CCOC(=O)C=C(Cn1c(C(=O)OC)cc2c(OC(F)F)cccc21)C(C)(C)C. The van der Waals surface area contributed by atoms with Crippen molar-refractivity contribution in [3.8, 4) is 5.75 Å². The van der Waals surface area contributed by atoms with E-state index in [0.29, 0.717) is 16.5 Å². The molecule has 0 saturated heterocycles. The second kappa shape index (κ2) is 9.07. The van der Waals surface area contributed by atoms with Crippen LogP contribution in [-0.4, -0.2) is 36.8 Å². The number of rotatable bonds is 7. The lowest BCUT2D eigenvalue weighted by Gasteiger charge is -2.24. The zero-order valence-corrected chi connectivity index (χ0v) is 17.1. The molecule has 0 aliphatic rings. The standard InChI is InChI=1S/C21H25F2NO5/c1-6-28-18(25)10-13(21(2,3)4)12-24-15-8-7-9-17(29-20(22)23)14(15)11-16(24)19(26)27-5/h7-11,20H,6,12H2,1-5H3. The van der Waals surface area contributed by atoms with Crippen LogP contribution in [0, 0.1) is 5.41 Å². The quantitative estimate of drug-likeness (QED) is 0.495. The van der Waals surface area contributed by atoms with Crippen LogP contribution in [0.5, 0.6) is 5.75 Å². The van der Waals surface area contributed by atoms with Gasteiger partial charge < -0.3 is 18.8 Å². The zero-order valence-electron chi connectivity index (χ0n) is 17.1. The first-order chi connectivity index (χ1) is 13.6. The number of nitrogens with zero attached hydrogens (tertiary/aromatic N) is 1. The van der Waals surface area contributed by atoms with Crippen molar-refractivity contribution in [2.24, 2.45) is 5.41 Å². The van der Waals surface area contributed by atoms with Crippen LogP contribution in [0.15, 0.2) is 35.9 Å². The van der Waals surface area contributed by atoms with Crippen LogP contribution in [0.25, 0.3) is 10.9 Å². The van der Waals surface area contributed by atoms with Gasteiger partial charge in [-0.3, -0.25) is 0 Å². The molecule has 1 aromatic carbocycles. The number of halogens is 2. The van der Waals surface area contributed by atoms with Crippen molar-refractivity contribution in [3.63, 3.8) is 0 Å². The van der Waals surface area contributed by atoms with Gasteiger partial charge in [-0.25, -0.2) is 9.59 Å². The van der Waals surface area contributed by atoms with E-state index in [1.54, 1.807) is 23.6 Å². The highest BCUT2D eigenvalue weighted by Crippen LogP contribution is 2.34. The molecular weight excluding hydrogens is 384 g/mol. The first-order valence-corrected chi connectivity index (χ1v) is 9.11. The predicted octanol–water partition coefficient (Wildman–Crippen LogP) is 4.56. The number of esters is 2. The minimum atomic E-state index is -3.00. The molecule has 0 aliphatic heterocycles. The van der Waals surface area contributed by atoms with Crippen molar-refractivity contribution in [1.82, 2.24) is 4.57 Å². The van der Waals surface area contributed by atoms with Gasteiger partial charge in [-0.05, 0) is 36.1 Å². The molecule has 0 unspecified atom stereocenters. The van der Waals surface area contributed by atoms with Crippen molar-refractivity contribution in [3.05, 3.63) is 41.6 Å². The molecule has 0 amide bonds. The predicted molar refractivity (Wildman–Crippen MR) is 104 cm³/mol. The summed E-state index contributed by atoms with van der Waals surface area (Å²) in [6.45, 7) is 4.88. The molecule has 0 fully saturated rings. The van der Waals surface area contributed by atoms with Crippen LogP contribution in [0.1, 0.15) is 38.2 Å². The summed E-state index contributed by atoms with van der Waals surface area (Å²) in [7, 11) is 1.24. The molecule has 1 heterocycles. The fraction of sp³-hybridized carbons (Fsp3) is 0.429. The van der Waals surface area contributed by atoms with E-state index in [0.717, 1.165) is 0 Å². The number of alkyl halides is 2. The third-order valence-electron chi connectivity index (χ3n) is 4.39. The lowest BCUT2D eigenvalue weighted by Crippen LogP contribution is -2.20. The second-order valence-corrected chi connectivity index (χ2v) is 7.35. The second-order valence-electron chi connectivity index (χ2n) is 7.35. The van der Waals surface area contributed by atoms with Gasteiger partial charge in [0.05, 0.1) is 19.2 Å². The van der Waals surface area contributed by atoms with E-state index >= 15 is 0 Å². The van der Waals surface area contributed by atoms with Gasteiger partial charge in [-0.1, -0.05) is 26.8 Å². The van der Waals surface area contributed by atoms with E-state index < -0.39 is 24.0 Å². The van der Waals surface area contributed by atoms with E-state index in [1.165, 1.54) is 25.3 Å². The molecule has 2 rings (SSSR count). The third kappa shape index (κ3) is 5.34. The topological polar surface area (TPSA) is 66.8 Å². The maximum Gasteiger partial charge on any atom is 0.387 e. The normalized spacial score (nSPS) is 12.3. The van der Waals surface area contributed by atoms with Crippen LogP contribution in [0.2, 0.25) is 0 Å². The Morgan fingerprint density at radius 3 is 2.48 bits per heavy atom. The molecule has 158 valence electrons. The Morgan fingerprint density at radius 2 is 1.93 bits per heavy atom. The molecule has 1 aromatic heterocycles. The summed E-state index contributed by atoms with van der Waals surface area (Å²) in [6, 6.07) is 6.09. The van der Waals surface area contributed by atoms with E-state index in [4.69, 9.17) is 9.47 Å². The fourth-order valence-electron chi connectivity index (χ4n) is 2.90. The monoisotopic (exact) mass is 409 g/mol. The maximum atomic E-state index is 12.8. The Morgan fingerprint density at radius 1 is 1.24 bits per heavy atom. The molecule has 0 N–H and O–H groups in total. The maximum absolute atomic E-state index is 12.8. The summed E-state index contributed by atoms with van der Waals surface area (Å²) in [5.41, 5.74) is 0.932. The molecule has 2 aromatic rings. The number of methoxy groups -OCH3 is 1. The molecule has 29 heavy (non-hydrogen) atoms. The van der Waals surface area contributed by atoms with E-state index in [2.05, 4.69) is 4.74 Å². The van der Waals surface area contributed by atoms with Crippen LogP contribution >= 0.6 is 0 Å². The number of carbonyl (C=O) groups is 2. The Hall–Kier alpha value is -2.90. The van der Waals surface area contributed by atoms with Gasteiger partial charge in [0.2, 0.25) is 0 Å². The number of allylic oxidation sites excluding steroid dienone is 1. The molecular formula is C21H25F2NO5. The minimum Gasteiger partial charge on any atom is -0.464 e. The number of benzene rings is 1. The highest BCUT2D eigenvalue weighted by Gasteiger charge is 2.24. The molecule has 0 atom stereocenters. The molecule has 0 bridgehead atoms. The smallest absolute Gasteiger partial charge is 0.387 e. The summed E-state index contributed by atoms with van der Waals surface area (Å²) < 4.78 is 41.6. The van der Waals surface area contributed by atoms with Crippen molar-refractivity contribution < 1.29 is 32.6 Å². The van der Waals surface area contributed by atoms with Gasteiger partial charge in [0.25, 0.3) is 0 Å². The molecule has 0 saturated carbocycles. The Labute approximate surface area is 168 Å². The van der Waals surface area contributed by atoms with Crippen molar-refractivity contribution in [2.45, 2.75) is 40.9 Å². The van der Waals surface area contributed by atoms with Crippen LogP contribution in [0.4, 0.5) is 8.78 Å². The molecule has 0 spiro atoms. The summed E-state index contributed by atoms with van der Waals surface area (Å²) in [6.07, 6.45) is 1.40. The van der Waals surface area contributed by atoms with Gasteiger partial charge in [-0.15, -0.1) is 0 Å². The number of hydrogen-bond donors (Lipinski definition) is 0. The molecule has 0 aliphatic carbocycles. The third-order valence-corrected chi connectivity index (χ3v) is 4.39. The average molecular weight is 409 g/mol. The summed E-state index contributed by atoms with van der Waals surface area (Å²) >= 11 is 0. The van der Waals surface area contributed by atoms with Gasteiger partial charge in [0, 0.05) is 18.0 Å². The Balaban J connectivity index is 2.65. The number of hydrogen-bond acceptors (Lipinski definition) is 5. The summed E-state index contributed by atoms with van der Waals surface area (Å²) in [5, 5.41) is 0.345. The van der Waals surface area contributed by atoms with Gasteiger partial charge in [-0.2, -0.15) is 8.78 Å². The largest absolute Gasteiger partial charge is 0.464 e. The highest BCUT2D eigenvalue weighted by atomic mass is 19.3. The molecule has 8 heteroatoms. The first-order valence-electron chi connectivity index (χ1n) is 9.11. The van der Waals surface area contributed by atoms with Crippen molar-refractivity contribution >= 4 is 22.8 Å². The van der Waals surface area contributed by atoms with Crippen LogP contribution in [0.3, 0.4) is 0 Å². The van der Waals surface area contributed by atoms with Gasteiger partial charge in [0.1, 0.15) is 11.4 Å². The minimum absolute atomic E-state index is 0.0481. The van der Waals surface area contributed by atoms with Crippen LogP contribution < -0.4 is 4.74 Å². The Bertz CT molecular complexity index is 925. The number of aromatic nitrogens is 1. The summed E-state index contributed by atoms with van der Waals surface area (Å²) in [5.74, 6) is -1.17. The first kappa shape index (κ1) is 22.4. The fourth-order valence-corrected chi connectivity index (χ4v) is 2.90. The highest BCUT2D eigenvalue weighted by molar-refractivity contribution is 5.98. The van der Waals surface area contributed by atoms with E-state index in [-0.39, 0.29) is 24.6 Å². The lowest BCUT2D eigenvalue weighted by molar-refractivity contribution is -0.137. The number of fused-ring (bicyclic) bond motifs is 1. The van der Waals surface area contributed by atoms with E-state index in [9.17, 15) is 18.4 Å². The van der Waals surface area contributed by atoms with Crippen molar-refractivity contribution in [2.75, 3.05) is 13.7 Å². The molecule has 0 radical (unpaired) electrons. The summed E-state index contributed by atoms with van der Waals surface area (Å²) in [4.78, 5) is 24.4. The average Bonchev–Trinajstić information content (AvgIpc) is 2.99. The number of carbonyl (C=O) groups excluding carboxylic acids is 2. The van der Waals surface area contributed by atoms with Crippen LogP contribution in [-0.2, 0) is 20.8 Å². The van der Waals surface area contributed by atoms with Gasteiger partial charge in [0.15, 0.2) is 0 Å². The van der Waals surface area contributed by atoms with Gasteiger partial charge >= 0.3 is 18.6 Å². The molecule has 6 nitrogen and oxygen atoms in total. The Kier molecular flexibility index (Phi) is 7.00. The zero-order chi connectivity index (χ0) is 21.8. The number of ether oxygens (including phenoxy) is 3. The lowest BCUT2D eigenvalue weighted by atomic mass is 9.86. The van der Waals surface area contributed by atoms with Crippen molar-refractivity contribution in [1.29, 1.82) is 0 Å². The van der Waals surface area contributed by atoms with E-state index in [1.807, 2.05) is 20.8 Å².